The highest BCUT2D eigenvalue weighted by atomic mass is 16.2. The van der Waals surface area contributed by atoms with Crippen molar-refractivity contribution in [3.63, 3.8) is 0 Å². The molecular formula is C12H13N5O2. The molecule has 2 amide bonds. The van der Waals surface area contributed by atoms with Crippen LogP contribution < -0.4 is 16.7 Å². The highest BCUT2D eigenvalue weighted by Gasteiger charge is 2.10. The molecule has 0 spiro atoms. The number of nitrogens with two attached hydrogens (primary N) is 1. The first kappa shape index (κ1) is 12.6. The van der Waals surface area contributed by atoms with Gasteiger partial charge in [0.1, 0.15) is 0 Å². The molecule has 0 saturated carbocycles. The third-order valence-electron chi connectivity index (χ3n) is 2.50. The van der Waals surface area contributed by atoms with Crippen LogP contribution in [0.3, 0.4) is 0 Å². The number of primary amides is 1. The van der Waals surface area contributed by atoms with Gasteiger partial charge in [-0.2, -0.15) is 5.10 Å². The number of hydrogen-bond donors (Lipinski definition) is 3. The maximum absolute atomic E-state index is 12.2. The minimum Gasteiger partial charge on any atom is -0.350 e. The molecule has 0 bridgehead atoms. The van der Waals surface area contributed by atoms with Crippen LogP contribution in [0.1, 0.15) is 11.3 Å². The number of hydrogen-bond acceptors (Lipinski definition) is 3. The van der Waals surface area contributed by atoms with Crippen molar-refractivity contribution < 1.29 is 4.79 Å². The predicted octanol–water partition coefficient (Wildman–Crippen LogP) is 0.476. The zero-order valence-corrected chi connectivity index (χ0v) is 10.3. The van der Waals surface area contributed by atoms with Crippen molar-refractivity contribution in [2.24, 2.45) is 10.8 Å². The molecule has 7 heteroatoms. The second-order valence-electron chi connectivity index (χ2n) is 3.86. The van der Waals surface area contributed by atoms with Gasteiger partial charge in [-0.3, -0.25) is 9.89 Å². The summed E-state index contributed by atoms with van der Waals surface area (Å²) in [7, 11) is 0. The summed E-state index contributed by atoms with van der Waals surface area (Å²) < 4.78 is 1.40. The largest absolute Gasteiger partial charge is 0.350 e. The summed E-state index contributed by atoms with van der Waals surface area (Å²) >= 11 is 0. The van der Waals surface area contributed by atoms with Gasteiger partial charge in [-0.1, -0.05) is 18.2 Å². The molecule has 0 atom stereocenters. The van der Waals surface area contributed by atoms with E-state index in [4.69, 9.17) is 5.73 Å². The Balaban J connectivity index is 2.38. The monoisotopic (exact) mass is 259 g/mol. The molecule has 0 radical (unpaired) electrons. The van der Waals surface area contributed by atoms with E-state index >= 15 is 0 Å². The van der Waals surface area contributed by atoms with Gasteiger partial charge < -0.3 is 5.73 Å². The first-order valence-electron chi connectivity index (χ1n) is 5.55. The van der Waals surface area contributed by atoms with E-state index in [2.05, 4.69) is 10.2 Å². The Morgan fingerprint density at radius 3 is 2.74 bits per heavy atom. The highest BCUT2D eigenvalue weighted by Crippen LogP contribution is 2.05. The zero-order chi connectivity index (χ0) is 13.8. The lowest BCUT2D eigenvalue weighted by molar-refractivity contribution is 0.249. The van der Waals surface area contributed by atoms with Crippen LogP contribution in [0.15, 0.2) is 40.2 Å². The van der Waals surface area contributed by atoms with E-state index in [1.165, 1.54) is 10.9 Å². The molecule has 1 heterocycles. The molecular weight excluding hydrogens is 246 g/mol. The number of amides is 2. The number of para-hydroxylation sites is 1. The molecule has 4 N–H and O–H groups in total. The number of carbonyl (C=O) groups is 1. The number of nitrogens with one attached hydrogen (secondary N) is 2. The van der Waals surface area contributed by atoms with Crippen molar-refractivity contribution in [3.05, 3.63) is 51.9 Å². The first-order valence-corrected chi connectivity index (χ1v) is 5.55. The fraction of sp³-hybridized carbons (Fsp3) is 0.0833. The summed E-state index contributed by atoms with van der Waals surface area (Å²) in [4.78, 5) is 22.7. The molecule has 0 unspecified atom stereocenters. The third kappa shape index (κ3) is 2.71. The lowest BCUT2D eigenvalue weighted by Crippen LogP contribution is -2.25. The van der Waals surface area contributed by atoms with E-state index in [-0.39, 0.29) is 5.56 Å². The van der Waals surface area contributed by atoms with Crippen LogP contribution in [0.25, 0.3) is 5.69 Å². The highest BCUT2D eigenvalue weighted by molar-refractivity contribution is 5.82. The molecule has 0 aliphatic heterocycles. The Hall–Kier alpha value is -2.83. The van der Waals surface area contributed by atoms with E-state index in [1.54, 1.807) is 19.1 Å². The molecule has 0 aliphatic rings. The fourth-order valence-corrected chi connectivity index (χ4v) is 1.63. The van der Waals surface area contributed by atoms with Crippen molar-refractivity contribution in [3.8, 4) is 5.69 Å². The van der Waals surface area contributed by atoms with Gasteiger partial charge in [-0.25, -0.2) is 14.9 Å². The Morgan fingerprint density at radius 1 is 1.42 bits per heavy atom. The second-order valence-corrected chi connectivity index (χ2v) is 3.86. The average Bonchev–Trinajstić information content (AvgIpc) is 2.67. The maximum Gasteiger partial charge on any atom is 0.332 e. The number of aromatic nitrogens is 2. The van der Waals surface area contributed by atoms with E-state index in [0.717, 1.165) is 5.69 Å². The van der Waals surface area contributed by atoms with Crippen LogP contribution in [-0.4, -0.2) is 22.0 Å². The van der Waals surface area contributed by atoms with Crippen molar-refractivity contribution in [2.45, 2.75) is 6.92 Å². The first-order chi connectivity index (χ1) is 9.09. The minimum atomic E-state index is -0.784. The van der Waals surface area contributed by atoms with Gasteiger partial charge in [-0.05, 0) is 19.1 Å². The summed E-state index contributed by atoms with van der Waals surface area (Å²) in [5.41, 5.74) is 8.39. The number of aryl methyl sites for hydroxylation is 1. The molecule has 19 heavy (non-hydrogen) atoms. The van der Waals surface area contributed by atoms with Crippen molar-refractivity contribution in [1.82, 2.24) is 15.2 Å². The Bertz CT molecular complexity index is 669. The van der Waals surface area contributed by atoms with E-state index in [1.807, 2.05) is 23.6 Å². The van der Waals surface area contributed by atoms with E-state index in [0.29, 0.717) is 11.3 Å². The standard InChI is InChI=1S/C12H13N5O2/c1-8-10(7-14-15-12(13)19)11(18)17(16-8)9-5-3-2-4-6-9/h2-7,16H,1H3,(H3,13,15,19)/b14-7+. The molecule has 2 aromatic rings. The van der Waals surface area contributed by atoms with Gasteiger partial charge in [0.2, 0.25) is 0 Å². The number of aromatic amines is 1. The second kappa shape index (κ2) is 5.21. The molecule has 0 saturated heterocycles. The SMILES string of the molecule is Cc1[nH]n(-c2ccccc2)c(=O)c1/C=N/NC(N)=O. The Kier molecular flexibility index (Phi) is 3.46. The summed E-state index contributed by atoms with van der Waals surface area (Å²) in [6, 6.07) is 8.36. The predicted molar refractivity (Wildman–Crippen MR) is 71.4 cm³/mol. The topological polar surface area (TPSA) is 105 Å². The average molecular weight is 259 g/mol. The van der Waals surface area contributed by atoms with Gasteiger partial charge in [-0.15, -0.1) is 0 Å². The van der Waals surface area contributed by atoms with Crippen LogP contribution in [0.4, 0.5) is 4.79 Å². The van der Waals surface area contributed by atoms with Crippen molar-refractivity contribution in [2.75, 3.05) is 0 Å². The zero-order valence-electron chi connectivity index (χ0n) is 10.3. The molecule has 1 aromatic carbocycles. The Morgan fingerprint density at radius 2 is 2.11 bits per heavy atom. The summed E-state index contributed by atoms with van der Waals surface area (Å²) in [5, 5.41) is 6.52. The van der Waals surface area contributed by atoms with Gasteiger partial charge in [0.05, 0.1) is 17.5 Å². The van der Waals surface area contributed by atoms with Crippen molar-refractivity contribution >= 4 is 12.2 Å². The number of hydrazone groups is 1. The van der Waals surface area contributed by atoms with E-state index < -0.39 is 6.03 Å². The summed E-state index contributed by atoms with van der Waals surface area (Å²) in [6.07, 6.45) is 1.26. The summed E-state index contributed by atoms with van der Waals surface area (Å²) in [6.45, 7) is 1.74. The van der Waals surface area contributed by atoms with Crippen LogP contribution in [0.2, 0.25) is 0 Å². The smallest absolute Gasteiger partial charge is 0.332 e. The fourth-order valence-electron chi connectivity index (χ4n) is 1.63. The van der Waals surface area contributed by atoms with Gasteiger partial charge in [0, 0.05) is 5.69 Å². The number of nitrogens with zero attached hydrogens (tertiary/aromatic N) is 2. The maximum atomic E-state index is 12.2. The van der Waals surface area contributed by atoms with Crippen LogP contribution in [-0.2, 0) is 0 Å². The molecule has 98 valence electrons. The molecule has 0 aliphatic carbocycles. The van der Waals surface area contributed by atoms with Crippen molar-refractivity contribution in [1.29, 1.82) is 0 Å². The van der Waals surface area contributed by atoms with Gasteiger partial charge in [0.15, 0.2) is 0 Å². The quantitative estimate of drug-likeness (QED) is 0.551. The minimum absolute atomic E-state index is 0.251. The normalized spacial score (nSPS) is 10.8. The molecule has 7 nitrogen and oxygen atoms in total. The molecule has 2 rings (SSSR count). The van der Waals surface area contributed by atoms with Crippen LogP contribution in [0.5, 0.6) is 0 Å². The van der Waals surface area contributed by atoms with Gasteiger partial charge in [0.25, 0.3) is 5.56 Å². The Labute approximate surface area is 108 Å². The number of benzene rings is 1. The molecule has 1 aromatic heterocycles. The van der Waals surface area contributed by atoms with Crippen LogP contribution in [0, 0.1) is 6.92 Å². The number of H-pyrrole nitrogens is 1. The number of urea groups is 1. The molecule has 0 fully saturated rings. The number of carbonyl (C=O) groups excluding carboxylic acids is 1. The van der Waals surface area contributed by atoms with Crippen LogP contribution >= 0.6 is 0 Å². The third-order valence-corrected chi connectivity index (χ3v) is 2.50. The summed E-state index contributed by atoms with van der Waals surface area (Å²) in [5.74, 6) is 0. The van der Waals surface area contributed by atoms with Gasteiger partial charge >= 0.3 is 6.03 Å². The van der Waals surface area contributed by atoms with E-state index in [9.17, 15) is 9.59 Å². The number of rotatable bonds is 3. The lowest BCUT2D eigenvalue weighted by atomic mass is 10.3. The lowest BCUT2D eigenvalue weighted by Gasteiger charge is -1.99.